The van der Waals surface area contributed by atoms with Crippen molar-refractivity contribution >= 4 is 0 Å². The number of aliphatic hydroxyl groups excluding tert-OH is 7. The van der Waals surface area contributed by atoms with Gasteiger partial charge in [0.25, 0.3) is 0 Å². The zero-order chi connectivity index (χ0) is 18.1. The van der Waals surface area contributed by atoms with Gasteiger partial charge in [0, 0.05) is 17.1 Å². The summed E-state index contributed by atoms with van der Waals surface area (Å²) in [7, 11) is 0. The van der Waals surface area contributed by atoms with Gasteiger partial charge < -0.3 is 50.0 Å². The molecular formula is C12H22FeO12. The standard InChI is InChI=1S/C12H22O12.Fe/c13-1-4-7(16)10(19)12(3-14,23-4)24-11-9(18)8(17)6(15)5(22-11)2-21-20;/h4-11,13-20H,1-3H2;/t4-,5-,6-,7-,8+,9-,10+,11-,12+;/m1./s1. The van der Waals surface area contributed by atoms with E-state index in [9.17, 15) is 30.6 Å². The third kappa shape index (κ3) is 4.31. The maximum atomic E-state index is 10.0. The summed E-state index contributed by atoms with van der Waals surface area (Å²) in [6.07, 6.45) is -12.8. The van der Waals surface area contributed by atoms with Crippen LogP contribution in [0.1, 0.15) is 0 Å². The third-order valence-electron chi connectivity index (χ3n) is 4.13. The Morgan fingerprint density at radius 2 is 1.52 bits per heavy atom. The first-order valence-electron chi connectivity index (χ1n) is 7.20. The summed E-state index contributed by atoms with van der Waals surface area (Å²) < 4.78 is 15.5. The topological polar surface area (TPSA) is 199 Å². The van der Waals surface area contributed by atoms with Crippen molar-refractivity contribution in [3.8, 4) is 0 Å². The maximum Gasteiger partial charge on any atom is 0.224 e. The van der Waals surface area contributed by atoms with Gasteiger partial charge >= 0.3 is 0 Å². The summed E-state index contributed by atoms with van der Waals surface area (Å²) in [5.41, 5.74) is 0. The van der Waals surface area contributed by atoms with Crippen LogP contribution >= 0.6 is 0 Å². The van der Waals surface area contributed by atoms with Crippen molar-refractivity contribution < 1.29 is 77.2 Å². The van der Waals surface area contributed by atoms with Gasteiger partial charge in [-0.2, -0.15) is 0 Å². The van der Waals surface area contributed by atoms with E-state index in [1.54, 1.807) is 0 Å². The van der Waals surface area contributed by atoms with E-state index in [4.69, 9.17) is 24.6 Å². The minimum atomic E-state index is -2.24. The second-order valence-corrected chi connectivity index (χ2v) is 5.67. The van der Waals surface area contributed by atoms with Crippen LogP contribution in [0.2, 0.25) is 0 Å². The molecule has 0 bridgehead atoms. The summed E-state index contributed by atoms with van der Waals surface area (Å²) in [5, 5.41) is 76.3. The van der Waals surface area contributed by atoms with E-state index < -0.39 is 74.6 Å². The Balaban J connectivity index is 0.00000312. The zero-order valence-electron chi connectivity index (χ0n) is 12.8. The molecule has 9 atom stereocenters. The number of aliphatic hydroxyl groups is 7. The van der Waals surface area contributed by atoms with Gasteiger partial charge in [-0.1, -0.05) is 0 Å². The first-order valence-corrected chi connectivity index (χ1v) is 7.20. The average molecular weight is 414 g/mol. The van der Waals surface area contributed by atoms with Gasteiger partial charge in [-0.15, -0.1) is 0 Å². The van der Waals surface area contributed by atoms with E-state index in [-0.39, 0.29) is 17.1 Å². The quantitative estimate of drug-likeness (QED) is 0.117. The molecule has 0 aromatic rings. The van der Waals surface area contributed by atoms with Crippen LogP contribution < -0.4 is 0 Å². The van der Waals surface area contributed by atoms with E-state index in [0.29, 0.717) is 0 Å². The summed E-state index contributed by atoms with van der Waals surface area (Å²) in [6.45, 7) is -2.23. The molecule has 2 saturated heterocycles. The van der Waals surface area contributed by atoms with Gasteiger partial charge in [0.15, 0.2) is 6.29 Å². The minimum absolute atomic E-state index is 0. The summed E-state index contributed by atoms with van der Waals surface area (Å²) >= 11 is 0. The van der Waals surface area contributed by atoms with Gasteiger partial charge in [0.2, 0.25) is 5.79 Å². The maximum absolute atomic E-state index is 10.0. The summed E-state index contributed by atoms with van der Waals surface area (Å²) in [4.78, 5) is 3.84. The molecule has 0 saturated carbocycles. The van der Waals surface area contributed by atoms with Crippen LogP contribution in [0.25, 0.3) is 0 Å². The molecule has 0 aromatic carbocycles. The van der Waals surface area contributed by atoms with Crippen LogP contribution in [0.15, 0.2) is 0 Å². The molecule has 0 radical (unpaired) electrons. The molecule has 0 spiro atoms. The molecule has 0 amide bonds. The van der Waals surface area contributed by atoms with Gasteiger partial charge in [-0.3, -0.25) is 5.26 Å². The van der Waals surface area contributed by atoms with Gasteiger partial charge in [0.1, 0.15) is 55.9 Å². The summed E-state index contributed by atoms with van der Waals surface area (Å²) in [5.74, 6) is -2.24. The van der Waals surface area contributed by atoms with Gasteiger partial charge in [0.05, 0.1) is 6.61 Å². The van der Waals surface area contributed by atoms with Crippen LogP contribution in [-0.4, -0.2) is 116 Å². The number of ether oxygens (including phenoxy) is 3. The Morgan fingerprint density at radius 3 is 2.00 bits per heavy atom. The van der Waals surface area contributed by atoms with Crippen molar-refractivity contribution in [1.29, 1.82) is 0 Å². The molecule has 25 heavy (non-hydrogen) atoms. The molecule has 150 valence electrons. The first-order chi connectivity index (χ1) is 11.3. The zero-order valence-corrected chi connectivity index (χ0v) is 13.9. The fourth-order valence-corrected chi connectivity index (χ4v) is 2.69. The van der Waals surface area contributed by atoms with Crippen molar-refractivity contribution in [2.24, 2.45) is 0 Å². The fourth-order valence-electron chi connectivity index (χ4n) is 2.69. The van der Waals surface area contributed by atoms with Crippen LogP contribution in [0.5, 0.6) is 0 Å². The summed E-state index contributed by atoms with van der Waals surface area (Å²) in [6, 6.07) is 0. The minimum Gasteiger partial charge on any atom is -0.394 e. The molecule has 2 aliphatic heterocycles. The van der Waals surface area contributed by atoms with Crippen LogP contribution in [0.4, 0.5) is 0 Å². The van der Waals surface area contributed by atoms with Crippen LogP contribution in [0, 0.1) is 0 Å². The van der Waals surface area contributed by atoms with Crippen molar-refractivity contribution in [3.05, 3.63) is 0 Å². The number of hydrogen-bond acceptors (Lipinski definition) is 12. The first kappa shape index (κ1) is 23.1. The molecule has 2 heterocycles. The smallest absolute Gasteiger partial charge is 0.224 e. The molecule has 0 aliphatic carbocycles. The van der Waals surface area contributed by atoms with Crippen LogP contribution in [0.3, 0.4) is 0 Å². The molecule has 2 fully saturated rings. The fraction of sp³-hybridized carbons (Fsp3) is 1.00. The predicted molar refractivity (Wildman–Crippen MR) is 70.1 cm³/mol. The van der Waals surface area contributed by atoms with E-state index in [1.165, 1.54) is 0 Å². The van der Waals surface area contributed by atoms with E-state index in [2.05, 4.69) is 4.89 Å². The Bertz CT molecular complexity index is 416. The van der Waals surface area contributed by atoms with Gasteiger partial charge in [-0.25, -0.2) is 4.89 Å². The van der Waals surface area contributed by atoms with Crippen molar-refractivity contribution in [1.82, 2.24) is 0 Å². The molecular weight excluding hydrogens is 392 g/mol. The Morgan fingerprint density at radius 1 is 0.880 bits per heavy atom. The van der Waals surface area contributed by atoms with Crippen LogP contribution in [-0.2, 0) is 36.2 Å². The number of rotatable bonds is 6. The normalized spacial score (nSPS) is 47.5. The molecule has 2 rings (SSSR count). The van der Waals surface area contributed by atoms with E-state index >= 15 is 0 Å². The molecule has 2 aliphatic rings. The SMILES string of the molecule is OC[C@H]1O[C@@](CO)(O[C@H]2O[C@H](COO)[C@@H](O)[C@H](O)[C@H]2O)[C@@H](O)[C@@H]1O.[Fe]. The Kier molecular flexibility index (Phi) is 8.59. The second-order valence-electron chi connectivity index (χ2n) is 5.67. The van der Waals surface area contributed by atoms with Gasteiger partial charge in [-0.05, 0) is 0 Å². The molecule has 12 nitrogen and oxygen atoms in total. The molecule has 0 unspecified atom stereocenters. The average Bonchev–Trinajstić information content (AvgIpc) is 2.82. The molecule has 13 heteroatoms. The monoisotopic (exact) mass is 414 g/mol. The van der Waals surface area contributed by atoms with Crippen molar-refractivity contribution in [3.63, 3.8) is 0 Å². The second kappa shape index (κ2) is 9.30. The molecule has 0 aromatic heterocycles. The third-order valence-corrected chi connectivity index (χ3v) is 4.13. The van der Waals surface area contributed by atoms with Crippen molar-refractivity contribution in [2.45, 2.75) is 54.8 Å². The Hall–Kier alpha value is 0.0395. The van der Waals surface area contributed by atoms with E-state index in [1.807, 2.05) is 0 Å². The number of hydrogen-bond donors (Lipinski definition) is 8. The van der Waals surface area contributed by atoms with Crippen molar-refractivity contribution in [2.75, 3.05) is 19.8 Å². The Labute approximate surface area is 152 Å². The van der Waals surface area contributed by atoms with E-state index in [0.717, 1.165) is 0 Å². The predicted octanol–water partition coefficient (Wildman–Crippen LogP) is -4.90. The largest absolute Gasteiger partial charge is 0.394 e. The molecule has 8 N–H and O–H groups in total.